The first-order valence-corrected chi connectivity index (χ1v) is 10.6. The molecule has 0 aliphatic heterocycles. The lowest BCUT2D eigenvalue weighted by atomic mass is 10.1. The van der Waals surface area contributed by atoms with Crippen LogP contribution in [0, 0.1) is 0 Å². The van der Waals surface area contributed by atoms with Crippen LogP contribution in [-0.4, -0.2) is 48.3 Å². The second-order valence-electron chi connectivity index (χ2n) is 7.18. The predicted molar refractivity (Wildman–Crippen MR) is 124 cm³/mol. The van der Waals surface area contributed by atoms with Crippen molar-refractivity contribution >= 4 is 11.9 Å². The van der Waals surface area contributed by atoms with Gasteiger partial charge < -0.3 is 24.2 Å². The van der Waals surface area contributed by atoms with Crippen molar-refractivity contribution in [3.8, 4) is 22.3 Å². The Morgan fingerprint density at radius 3 is 1.42 bits per heavy atom. The molecule has 33 heavy (non-hydrogen) atoms. The first kappa shape index (κ1) is 22.1. The molecule has 0 saturated heterocycles. The van der Waals surface area contributed by atoms with E-state index in [1.54, 1.807) is 24.8 Å². The summed E-state index contributed by atoms with van der Waals surface area (Å²) in [6.45, 7) is 0.603. The molecular formula is C26H24N2O5. The monoisotopic (exact) mass is 444 g/mol. The van der Waals surface area contributed by atoms with E-state index in [4.69, 9.17) is 14.2 Å². The van der Waals surface area contributed by atoms with Crippen molar-refractivity contribution in [3.05, 3.63) is 96.6 Å². The predicted octanol–water partition coefficient (Wildman–Crippen LogP) is 4.71. The first-order chi connectivity index (χ1) is 16.2. The maximum absolute atomic E-state index is 12.4. The largest absolute Gasteiger partial charge is 0.460 e. The van der Waals surface area contributed by atoms with Crippen molar-refractivity contribution in [3.63, 3.8) is 0 Å². The van der Waals surface area contributed by atoms with Gasteiger partial charge in [-0.15, -0.1) is 0 Å². The van der Waals surface area contributed by atoms with Gasteiger partial charge in [0, 0.05) is 35.9 Å². The van der Waals surface area contributed by atoms with Crippen LogP contribution in [0.15, 0.2) is 85.5 Å². The van der Waals surface area contributed by atoms with Crippen molar-refractivity contribution in [2.45, 2.75) is 0 Å². The van der Waals surface area contributed by atoms with Crippen LogP contribution in [0.1, 0.15) is 20.7 Å². The SMILES string of the molecule is O=C(OCCOCCOC(=O)c1c[nH]cc1-c1ccccc1)c1c[nH]cc1-c1ccccc1. The highest BCUT2D eigenvalue weighted by molar-refractivity contribution is 5.97. The zero-order chi connectivity index (χ0) is 22.9. The lowest BCUT2D eigenvalue weighted by Crippen LogP contribution is -2.15. The zero-order valence-electron chi connectivity index (χ0n) is 18.0. The van der Waals surface area contributed by atoms with Crippen molar-refractivity contribution in [2.24, 2.45) is 0 Å². The number of aromatic nitrogens is 2. The molecule has 0 bridgehead atoms. The second kappa shape index (κ2) is 11.0. The third kappa shape index (κ3) is 5.58. The van der Waals surface area contributed by atoms with E-state index in [2.05, 4.69) is 9.97 Å². The number of hydrogen-bond donors (Lipinski definition) is 2. The number of rotatable bonds is 10. The van der Waals surface area contributed by atoms with Gasteiger partial charge in [-0.3, -0.25) is 0 Å². The lowest BCUT2D eigenvalue weighted by molar-refractivity contribution is 0.0152. The Morgan fingerprint density at radius 1 is 0.576 bits per heavy atom. The Hall–Kier alpha value is -4.10. The first-order valence-electron chi connectivity index (χ1n) is 10.6. The molecule has 0 unspecified atom stereocenters. The maximum Gasteiger partial charge on any atom is 0.340 e. The molecule has 0 fully saturated rings. The number of hydrogen-bond acceptors (Lipinski definition) is 5. The summed E-state index contributed by atoms with van der Waals surface area (Å²) in [6, 6.07) is 19.2. The molecule has 7 heteroatoms. The van der Waals surface area contributed by atoms with E-state index in [1.807, 2.05) is 60.7 Å². The second-order valence-corrected chi connectivity index (χ2v) is 7.18. The van der Waals surface area contributed by atoms with Gasteiger partial charge >= 0.3 is 11.9 Å². The summed E-state index contributed by atoms with van der Waals surface area (Å²) in [6.07, 6.45) is 6.78. The number of carbonyl (C=O) groups excluding carboxylic acids is 2. The Balaban J connectivity index is 1.17. The normalized spacial score (nSPS) is 10.7. The van der Waals surface area contributed by atoms with Crippen LogP contribution in [0.5, 0.6) is 0 Å². The number of ether oxygens (including phenoxy) is 3. The Bertz CT molecular complexity index is 1090. The third-order valence-electron chi connectivity index (χ3n) is 5.02. The van der Waals surface area contributed by atoms with Crippen molar-refractivity contribution in [2.75, 3.05) is 26.4 Å². The molecule has 0 aliphatic rings. The van der Waals surface area contributed by atoms with Gasteiger partial charge in [0.05, 0.1) is 24.3 Å². The number of benzene rings is 2. The molecule has 2 N–H and O–H groups in total. The molecular weight excluding hydrogens is 420 g/mol. The van der Waals surface area contributed by atoms with E-state index in [9.17, 15) is 9.59 Å². The molecule has 0 amide bonds. The molecule has 4 aromatic rings. The molecule has 0 aliphatic carbocycles. The topological polar surface area (TPSA) is 93.4 Å². The zero-order valence-corrected chi connectivity index (χ0v) is 18.0. The van der Waals surface area contributed by atoms with E-state index in [1.165, 1.54) is 0 Å². The molecule has 0 saturated carbocycles. The van der Waals surface area contributed by atoms with E-state index in [0.29, 0.717) is 11.1 Å². The lowest BCUT2D eigenvalue weighted by Gasteiger charge is -2.08. The Labute approximate surface area is 191 Å². The van der Waals surface area contributed by atoms with E-state index in [-0.39, 0.29) is 26.4 Å². The summed E-state index contributed by atoms with van der Waals surface area (Å²) < 4.78 is 16.0. The van der Waals surface area contributed by atoms with E-state index in [0.717, 1.165) is 22.3 Å². The fraction of sp³-hybridized carbons (Fsp3) is 0.154. The number of carbonyl (C=O) groups is 2. The summed E-state index contributed by atoms with van der Waals surface area (Å²) in [5.74, 6) is -0.850. The molecule has 7 nitrogen and oxygen atoms in total. The minimum atomic E-state index is -0.425. The van der Waals surface area contributed by atoms with Gasteiger partial charge in [-0.2, -0.15) is 0 Å². The minimum absolute atomic E-state index is 0.0994. The average Bonchev–Trinajstić information content (AvgIpc) is 3.54. The molecule has 2 heterocycles. The van der Waals surface area contributed by atoms with E-state index >= 15 is 0 Å². The highest BCUT2D eigenvalue weighted by Crippen LogP contribution is 2.24. The quantitative estimate of drug-likeness (QED) is 0.273. The van der Waals surface area contributed by atoms with E-state index < -0.39 is 11.9 Å². The van der Waals surface area contributed by atoms with Gasteiger partial charge in [0.1, 0.15) is 13.2 Å². The molecule has 168 valence electrons. The number of H-pyrrole nitrogens is 2. The smallest absolute Gasteiger partial charge is 0.340 e. The molecule has 4 rings (SSSR count). The van der Waals surface area contributed by atoms with Crippen molar-refractivity contribution in [1.29, 1.82) is 0 Å². The van der Waals surface area contributed by atoms with Gasteiger partial charge in [-0.05, 0) is 11.1 Å². The molecule has 2 aromatic carbocycles. The molecule has 0 atom stereocenters. The molecule has 2 aromatic heterocycles. The standard InChI is InChI=1S/C26H24N2O5/c29-25(23-17-27-15-21(23)19-7-3-1-4-8-19)32-13-11-31-12-14-33-26(30)24-18-28-16-22(24)20-9-5-2-6-10-20/h1-10,15-18,27-28H,11-14H2. The highest BCUT2D eigenvalue weighted by atomic mass is 16.6. The Kier molecular flexibility index (Phi) is 7.35. The van der Waals surface area contributed by atoms with Crippen LogP contribution in [0.4, 0.5) is 0 Å². The van der Waals surface area contributed by atoms with Crippen LogP contribution in [0.25, 0.3) is 22.3 Å². The summed E-state index contributed by atoms with van der Waals surface area (Å²) in [5, 5.41) is 0. The van der Waals surface area contributed by atoms with Gasteiger partial charge in [0.25, 0.3) is 0 Å². The number of esters is 2. The van der Waals surface area contributed by atoms with Gasteiger partial charge in [-0.1, -0.05) is 60.7 Å². The molecule has 0 spiro atoms. The number of nitrogens with one attached hydrogen (secondary N) is 2. The van der Waals surface area contributed by atoms with Crippen LogP contribution < -0.4 is 0 Å². The van der Waals surface area contributed by atoms with Crippen molar-refractivity contribution < 1.29 is 23.8 Å². The van der Waals surface area contributed by atoms with Crippen LogP contribution in [0.2, 0.25) is 0 Å². The third-order valence-corrected chi connectivity index (χ3v) is 5.02. The van der Waals surface area contributed by atoms with Gasteiger partial charge in [0.2, 0.25) is 0 Å². The summed E-state index contributed by atoms with van der Waals surface area (Å²) in [7, 11) is 0. The summed E-state index contributed by atoms with van der Waals surface area (Å²) >= 11 is 0. The van der Waals surface area contributed by atoms with Gasteiger partial charge in [-0.25, -0.2) is 9.59 Å². The maximum atomic E-state index is 12.4. The Morgan fingerprint density at radius 2 is 1.00 bits per heavy atom. The summed E-state index contributed by atoms with van der Waals surface area (Å²) in [5.41, 5.74) is 4.37. The number of aromatic amines is 2. The fourth-order valence-corrected chi connectivity index (χ4v) is 3.42. The van der Waals surface area contributed by atoms with Crippen LogP contribution in [0.3, 0.4) is 0 Å². The van der Waals surface area contributed by atoms with Gasteiger partial charge in [0.15, 0.2) is 0 Å². The fourth-order valence-electron chi connectivity index (χ4n) is 3.42. The average molecular weight is 444 g/mol. The van der Waals surface area contributed by atoms with Crippen LogP contribution in [-0.2, 0) is 14.2 Å². The summed E-state index contributed by atoms with van der Waals surface area (Å²) in [4.78, 5) is 30.7. The van der Waals surface area contributed by atoms with Crippen molar-refractivity contribution in [1.82, 2.24) is 9.97 Å². The van der Waals surface area contributed by atoms with Crippen LogP contribution >= 0.6 is 0 Å². The highest BCUT2D eigenvalue weighted by Gasteiger charge is 2.16. The molecule has 0 radical (unpaired) electrons. The minimum Gasteiger partial charge on any atom is -0.460 e.